The first kappa shape index (κ1) is 28.4. The summed E-state index contributed by atoms with van der Waals surface area (Å²) in [4.78, 5) is 28.3. The van der Waals surface area contributed by atoms with E-state index in [4.69, 9.17) is 0 Å². The number of anilines is 1. The van der Waals surface area contributed by atoms with E-state index in [1.165, 1.54) is 18.2 Å². The lowest BCUT2D eigenvalue weighted by atomic mass is 9.85. The van der Waals surface area contributed by atoms with Crippen LogP contribution in [0.15, 0.2) is 54.7 Å². The highest BCUT2D eigenvalue weighted by Crippen LogP contribution is 2.51. The fourth-order valence-electron chi connectivity index (χ4n) is 6.68. The monoisotopic (exact) mass is 582 g/mol. The van der Waals surface area contributed by atoms with Crippen molar-refractivity contribution in [1.82, 2.24) is 14.7 Å². The molecule has 1 aliphatic heterocycles. The molecule has 1 saturated heterocycles. The molecule has 6 rings (SSSR count). The van der Waals surface area contributed by atoms with E-state index in [1.54, 1.807) is 35.4 Å². The van der Waals surface area contributed by atoms with Gasteiger partial charge >= 0.3 is 6.18 Å². The van der Waals surface area contributed by atoms with E-state index >= 15 is 0 Å². The average molecular weight is 583 g/mol. The molecule has 42 heavy (non-hydrogen) atoms. The van der Waals surface area contributed by atoms with E-state index in [-0.39, 0.29) is 52.9 Å². The van der Waals surface area contributed by atoms with Gasteiger partial charge in [-0.15, -0.1) is 0 Å². The molecular formula is C32H34F4N4O2. The van der Waals surface area contributed by atoms with Crippen LogP contribution in [0.4, 0.5) is 23.2 Å². The molecule has 3 fully saturated rings. The lowest BCUT2D eigenvalue weighted by Gasteiger charge is -2.30. The first-order valence-corrected chi connectivity index (χ1v) is 14.6. The molecule has 1 aromatic heterocycles. The summed E-state index contributed by atoms with van der Waals surface area (Å²) in [5.74, 6) is -1.47. The van der Waals surface area contributed by atoms with Crippen LogP contribution in [0, 0.1) is 11.7 Å². The highest BCUT2D eigenvalue weighted by Gasteiger charge is 2.47. The molecule has 0 radical (unpaired) electrons. The highest BCUT2D eigenvalue weighted by molar-refractivity contribution is 5.96. The average Bonchev–Trinajstić information content (AvgIpc) is 3.36. The summed E-state index contributed by atoms with van der Waals surface area (Å²) in [5, 5.41) is 7.39. The maximum absolute atomic E-state index is 14.0. The fourth-order valence-corrected chi connectivity index (χ4v) is 6.68. The van der Waals surface area contributed by atoms with Gasteiger partial charge in [-0.1, -0.05) is 37.3 Å². The molecule has 3 aliphatic rings. The first-order valence-electron chi connectivity index (χ1n) is 14.6. The maximum Gasteiger partial charge on any atom is 0.416 e. The largest absolute Gasteiger partial charge is 0.416 e. The summed E-state index contributed by atoms with van der Waals surface area (Å²) in [6, 6.07) is 11.8. The third-order valence-electron chi connectivity index (χ3n) is 9.32. The number of alkyl halides is 3. The molecular weight excluding hydrogens is 548 g/mol. The second kappa shape index (κ2) is 10.9. The van der Waals surface area contributed by atoms with Gasteiger partial charge in [0.15, 0.2) is 0 Å². The van der Waals surface area contributed by atoms with Crippen LogP contribution >= 0.6 is 0 Å². The van der Waals surface area contributed by atoms with E-state index in [2.05, 4.69) is 17.3 Å². The number of carbonyl (C=O) groups is 2. The van der Waals surface area contributed by atoms with Crippen LogP contribution in [0.1, 0.15) is 91.0 Å². The summed E-state index contributed by atoms with van der Waals surface area (Å²) in [6.45, 7) is 2.74. The van der Waals surface area contributed by atoms with Crippen LogP contribution in [-0.4, -0.2) is 39.6 Å². The predicted molar refractivity (Wildman–Crippen MR) is 150 cm³/mol. The SMILES string of the molecule is CC1(c2c(C(=O)N3CCC(c4ccccc4C(F)(F)F)C3)cnn2C2CCC(C(=O)Nc3ccccc3F)CC2)CC1. The Bertz CT molecular complexity index is 1490. The Morgan fingerprint density at radius 1 is 0.976 bits per heavy atom. The highest BCUT2D eigenvalue weighted by atomic mass is 19.4. The molecule has 0 bridgehead atoms. The third-order valence-corrected chi connectivity index (χ3v) is 9.32. The zero-order chi connectivity index (χ0) is 29.6. The quantitative estimate of drug-likeness (QED) is 0.316. The minimum absolute atomic E-state index is 0.0291. The number of para-hydroxylation sites is 1. The molecule has 2 saturated carbocycles. The van der Waals surface area contributed by atoms with Crippen molar-refractivity contribution < 1.29 is 27.2 Å². The number of nitrogens with one attached hydrogen (secondary N) is 1. The second-order valence-electron chi connectivity index (χ2n) is 12.2. The first-order chi connectivity index (χ1) is 20.0. The maximum atomic E-state index is 14.0. The number of benzene rings is 2. The van der Waals surface area contributed by atoms with Crippen LogP contribution in [0.5, 0.6) is 0 Å². The number of likely N-dealkylation sites (tertiary alicyclic amines) is 1. The van der Waals surface area contributed by atoms with Gasteiger partial charge in [0, 0.05) is 30.3 Å². The zero-order valence-corrected chi connectivity index (χ0v) is 23.5. The van der Waals surface area contributed by atoms with Crippen LogP contribution in [-0.2, 0) is 16.4 Å². The zero-order valence-electron chi connectivity index (χ0n) is 23.5. The molecule has 1 unspecified atom stereocenters. The van der Waals surface area contributed by atoms with Crippen molar-refractivity contribution in [2.75, 3.05) is 18.4 Å². The number of aromatic nitrogens is 2. The summed E-state index contributed by atoms with van der Waals surface area (Å²) >= 11 is 0. The Labute approximate surface area is 242 Å². The normalized spacial score (nSPS) is 23.5. The van der Waals surface area contributed by atoms with Gasteiger partial charge in [-0.2, -0.15) is 18.3 Å². The molecule has 6 nitrogen and oxygen atoms in total. The lowest BCUT2D eigenvalue weighted by molar-refractivity contribution is -0.138. The fraction of sp³-hybridized carbons (Fsp3) is 0.469. The molecule has 2 heterocycles. The minimum Gasteiger partial charge on any atom is -0.338 e. The van der Waals surface area contributed by atoms with Gasteiger partial charge in [0.05, 0.1) is 34.7 Å². The van der Waals surface area contributed by atoms with E-state index in [1.807, 2.05) is 4.68 Å². The van der Waals surface area contributed by atoms with E-state index in [0.717, 1.165) is 24.6 Å². The topological polar surface area (TPSA) is 67.2 Å². The van der Waals surface area contributed by atoms with Crippen molar-refractivity contribution in [3.05, 3.63) is 82.9 Å². The summed E-state index contributed by atoms with van der Waals surface area (Å²) < 4.78 is 56.9. The molecule has 10 heteroatoms. The van der Waals surface area contributed by atoms with E-state index in [9.17, 15) is 27.2 Å². The van der Waals surface area contributed by atoms with Gasteiger partial charge in [-0.25, -0.2) is 4.39 Å². The second-order valence-corrected chi connectivity index (χ2v) is 12.2. The number of nitrogens with zero attached hydrogens (tertiary/aromatic N) is 3. The molecule has 1 atom stereocenters. The smallest absolute Gasteiger partial charge is 0.338 e. The Morgan fingerprint density at radius 3 is 2.36 bits per heavy atom. The number of carbonyl (C=O) groups excluding carboxylic acids is 2. The minimum atomic E-state index is -4.44. The molecule has 2 amide bonds. The molecule has 222 valence electrons. The molecule has 0 spiro atoms. The van der Waals surface area contributed by atoms with Crippen LogP contribution in [0.2, 0.25) is 0 Å². The number of rotatable bonds is 6. The van der Waals surface area contributed by atoms with Gasteiger partial charge in [0.25, 0.3) is 5.91 Å². The van der Waals surface area contributed by atoms with E-state index in [0.29, 0.717) is 44.2 Å². The van der Waals surface area contributed by atoms with Crippen LogP contribution < -0.4 is 5.32 Å². The number of hydrogen-bond acceptors (Lipinski definition) is 3. The van der Waals surface area contributed by atoms with Crippen molar-refractivity contribution in [3.8, 4) is 0 Å². The van der Waals surface area contributed by atoms with Gasteiger partial charge < -0.3 is 10.2 Å². The van der Waals surface area contributed by atoms with E-state index < -0.39 is 17.6 Å². The Balaban J connectivity index is 1.16. The standard InChI is InChI=1S/C32H34F4N4O2/c1-31(15-16-31)28-24(30(42)39-17-14-21(19-39)23-6-2-3-7-25(23)32(34,35)36)18-37-40(28)22-12-10-20(11-13-22)29(41)38-27-9-5-4-8-26(27)33/h2-9,18,20-22H,10-17,19H2,1H3,(H,38,41). The van der Waals surface area contributed by atoms with Gasteiger partial charge in [-0.3, -0.25) is 14.3 Å². The van der Waals surface area contributed by atoms with Gasteiger partial charge in [0.2, 0.25) is 5.91 Å². The van der Waals surface area contributed by atoms with Crippen LogP contribution in [0.25, 0.3) is 0 Å². The lowest BCUT2D eigenvalue weighted by Crippen LogP contribution is -2.32. The summed E-state index contributed by atoms with van der Waals surface area (Å²) in [7, 11) is 0. The van der Waals surface area contributed by atoms with Crippen molar-refractivity contribution in [1.29, 1.82) is 0 Å². The molecule has 2 aromatic carbocycles. The van der Waals surface area contributed by atoms with Crippen molar-refractivity contribution >= 4 is 17.5 Å². The third kappa shape index (κ3) is 5.43. The van der Waals surface area contributed by atoms with Crippen LogP contribution in [0.3, 0.4) is 0 Å². The molecule has 1 N–H and O–H groups in total. The summed E-state index contributed by atoms with van der Waals surface area (Å²) in [5.41, 5.74) is 1.02. The molecule has 2 aliphatic carbocycles. The number of amides is 2. The van der Waals surface area contributed by atoms with Gasteiger partial charge in [-0.05, 0) is 68.7 Å². The number of hydrogen-bond donors (Lipinski definition) is 1. The van der Waals surface area contributed by atoms with Gasteiger partial charge in [0.1, 0.15) is 5.82 Å². The van der Waals surface area contributed by atoms with Crippen molar-refractivity contribution in [2.24, 2.45) is 5.92 Å². The Morgan fingerprint density at radius 2 is 1.67 bits per heavy atom. The Hall–Kier alpha value is -3.69. The number of halogens is 4. The van der Waals surface area contributed by atoms with Crippen molar-refractivity contribution in [3.63, 3.8) is 0 Å². The summed E-state index contributed by atoms with van der Waals surface area (Å²) in [6.07, 6.45) is 2.16. The molecule has 3 aromatic rings. The Kier molecular flexibility index (Phi) is 7.35. The predicted octanol–water partition coefficient (Wildman–Crippen LogP) is 7.09. The van der Waals surface area contributed by atoms with Crippen molar-refractivity contribution in [2.45, 2.75) is 75.4 Å².